The zero-order chi connectivity index (χ0) is 13.1. The lowest BCUT2D eigenvalue weighted by atomic mass is 10.0. The van der Waals surface area contributed by atoms with Gasteiger partial charge in [-0.1, -0.05) is 43.3 Å². The zero-order valence-electron chi connectivity index (χ0n) is 10.1. The smallest absolute Gasteiger partial charge is 0.273 e. The third kappa shape index (κ3) is 2.10. The largest absolute Gasteiger partial charge is 0.275 e. The highest BCUT2D eigenvalue weighted by Crippen LogP contribution is 2.19. The molecule has 2 aromatic carbocycles. The minimum atomic E-state index is -0.473. The maximum atomic E-state index is 12.1. The Balaban J connectivity index is 2.48. The van der Waals surface area contributed by atoms with Crippen molar-refractivity contribution in [1.29, 1.82) is 0 Å². The number of carbonyl (C=O) groups excluding carboxylic acids is 2. The summed E-state index contributed by atoms with van der Waals surface area (Å²) in [6.07, 6.45) is 0.201. The molecule has 0 unspecified atom stereocenters. The molecule has 0 bridgehead atoms. The Morgan fingerprint density at radius 3 is 2.50 bits per heavy atom. The molecule has 4 nitrogen and oxygen atoms in total. The number of nitrogens with zero attached hydrogens (tertiary/aromatic N) is 1. The van der Waals surface area contributed by atoms with Crippen LogP contribution in [0.1, 0.15) is 23.7 Å². The molecule has 0 aliphatic carbocycles. The van der Waals surface area contributed by atoms with Crippen LogP contribution in [-0.4, -0.2) is 16.8 Å². The Hall–Kier alpha value is -2.20. The van der Waals surface area contributed by atoms with Crippen LogP contribution in [0.4, 0.5) is 0 Å². The molecule has 2 aromatic rings. The summed E-state index contributed by atoms with van der Waals surface area (Å²) in [5, 5.41) is 2.42. The van der Waals surface area contributed by atoms with Crippen LogP contribution < -0.4 is 5.84 Å². The molecule has 0 heterocycles. The van der Waals surface area contributed by atoms with E-state index in [9.17, 15) is 9.59 Å². The van der Waals surface area contributed by atoms with Gasteiger partial charge in [0.25, 0.3) is 5.91 Å². The lowest BCUT2D eigenvalue weighted by Gasteiger charge is -2.15. The summed E-state index contributed by atoms with van der Waals surface area (Å²) in [4.78, 5) is 23.6. The number of amides is 2. The van der Waals surface area contributed by atoms with Crippen molar-refractivity contribution in [3.63, 3.8) is 0 Å². The number of rotatable bonds is 2. The molecule has 0 fully saturated rings. The van der Waals surface area contributed by atoms with E-state index in [0.29, 0.717) is 10.6 Å². The van der Waals surface area contributed by atoms with Crippen LogP contribution in [0.2, 0.25) is 0 Å². The van der Waals surface area contributed by atoms with E-state index in [0.717, 1.165) is 10.8 Å². The van der Waals surface area contributed by atoms with Gasteiger partial charge < -0.3 is 0 Å². The average Bonchev–Trinajstić information content (AvgIpc) is 2.44. The lowest BCUT2D eigenvalue weighted by Crippen LogP contribution is -2.42. The second kappa shape index (κ2) is 4.98. The summed E-state index contributed by atoms with van der Waals surface area (Å²) in [7, 11) is 0. The Morgan fingerprint density at radius 1 is 1.11 bits per heavy atom. The van der Waals surface area contributed by atoms with Gasteiger partial charge >= 0.3 is 0 Å². The van der Waals surface area contributed by atoms with E-state index in [2.05, 4.69) is 0 Å². The number of nitrogens with two attached hydrogens (primary N) is 1. The van der Waals surface area contributed by atoms with Crippen LogP contribution in [0, 0.1) is 0 Å². The van der Waals surface area contributed by atoms with Crippen molar-refractivity contribution in [1.82, 2.24) is 5.01 Å². The van der Waals surface area contributed by atoms with Gasteiger partial charge in [-0.05, 0) is 16.8 Å². The molecule has 4 heteroatoms. The number of hydrogen-bond acceptors (Lipinski definition) is 3. The van der Waals surface area contributed by atoms with Crippen LogP contribution in [0.3, 0.4) is 0 Å². The fourth-order valence-electron chi connectivity index (χ4n) is 1.83. The molecular weight excluding hydrogens is 228 g/mol. The van der Waals surface area contributed by atoms with Crippen LogP contribution in [0.5, 0.6) is 0 Å². The van der Waals surface area contributed by atoms with Crippen molar-refractivity contribution in [2.75, 3.05) is 0 Å². The van der Waals surface area contributed by atoms with Crippen molar-refractivity contribution in [3.8, 4) is 0 Å². The highest BCUT2D eigenvalue weighted by molar-refractivity contribution is 6.11. The number of benzene rings is 2. The normalized spacial score (nSPS) is 10.3. The molecule has 0 atom stereocenters. The van der Waals surface area contributed by atoms with Crippen LogP contribution in [0.25, 0.3) is 10.8 Å². The second-order valence-corrected chi connectivity index (χ2v) is 3.95. The van der Waals surface area contributed by atoms with Gasteiger partial charge in [0.1, 0.15) is 0 Å². The minimum Gasteiger partial charge on any atom is -0.273 e. The Bertz CT molecular complexity index is 602. The zero-order valence-corrected chi connectivity index (χ0v) is 10.1. The van der Waals surface area contributed by atoms with Gasteiger partial charge in [-0.3, -0.25) is 9.59 Å². The highest BCUT2D eigenvalue weighted by Gasteiger charge is 2.19. The number of carbonyl (C=O) groups is 2. The predicted molar refractivity (Wildman–Crippen MR) is 69.6 cm³/mol. The van der Waals surface area contributed by atoms with Crippen molar-refractivity contribution in [3.05, 3.63) is 48.0 Å². The molecule has 2 N–H and O–H groups in total. The third-order valence-corrected chi connectivity index (χ3v) is 2.81. The van der Waals surface area contributed by atoms with Gasteiger partial charge in [-0.2, -0.15) is 0 Å². The van der Waals surface area contributed by atoms with E-state index in [-0.39, 0.29) is 6.42 Å². The highest BCUT2D eigenvalue weighted by atomic mass is 16.2. The molecule has 0 aliphatic rings. The first-order chi connectivity index (χ1) is 8.65. The summed E-state index contributed by atoms with van der Waals surface area (Å²) in [5.74, 6) is 4.66. The van der Waals surface area contributed by atoms with Crippen molar-refractivity contribution in [2.45, 2.75) is 13.3 Å². The Kier molecular flexibility index (Phi) is 3.39. The maximum absolute atomic E-state index is 12.1. The summed E-state index contributed by atoms with van der Waals surface area (Å²) >= 11 is 0. The lowest BCUT2D eigenvalue weighted by molar-refractivity contribution is -0.128. The minimum absolute atomic E-state index is 0.201. The monoisotopic (exact) mass is 242 g/mol. The van der Waals surface area contributed by atoms with Crippen molar-refractivity contribution in [2.24, 2.45) is 5.84 Å². The first-order valence-corrected chi connectivity index (χ1v) is 5.75. The fourth-order valence-corrected chi connectivity index (χ4v) is 1.83. The van der Waals surface area contributed by atoms with E-state index in [1.807, 2.05) is 30.3 Å². The third-order valence-electron chi connectivity index (χ3n) is 2.81. The first-order valence-electron chi connectivity index (χ1n) is 5.75. The van der Waals surface area contributed by atoms with Crippen LogP contribution in [0.15, 0.2) is 42.5 Å². The molecular formula is C14H14N2O2. The van der Waals surface area contributed by atoms with E-state index in [1.165, 1.54) is 0 Å². The Labute approximate surface area is 105 Å². The molecule has 0 radical (unpaired) electrons. The maximum Gasteiger partial charge on any atom is 0.275 e. The van der Waals surface area contributed by atoms with E-state index < -0.39 is 11.8 Å². The quantitative estimate of drug-likeness (QED) is 0.498. The van der Waals surface area contributed by atoms with E-state index >= 15 is 0 Å². The van der Waals surface area contributed by atoms with Gasteiger partial charge in [0.05, 0.1) is 0 Å². The van der Waals surface area contributed by atoms with Gasteiger partial charge in [0.15, 0.2) is 0 Å². The summed E-state index contributed by atoms with van der Waals surface area (Å²) in [6, 6.07) is 12.9. The summed E-state index contributed by atoms with van der Waals surface area (Å²) < 4.78 is 0. The van der Waals surface area contributed by atoms with Gasteiger partial charge in [-0.15, -0.1) is 0 Å². The summed E-state index contributed by atoms with van der Waals surface area (Å²) in [5.41, 5.74) is 0.442. The molecule has 18 heavy (non-hydrogen) atoms. The van der Waals surface area contributed by atoms with E-state index in [1.54, 1.807) is 19.1 Å². The van der Waals surface area contributed by atoms with Gasteiger partial charge in [0, 0.05) is 12.0 Å². The molecule has 0 saturated heterocycles. The predicted octanol–water partition coefficient (Wildman–Crippen LogP) is 2.09. The topological polar surface area (TPSA) is 63.4 Å². The number of fused-ring (bicyclic) bond motifs is 1. The van der Waals surface area contributed by atoms with E-state index in [4.69, 9.17) is 5.84 Å². The first kappa shape index (κ1) is 12.3. The number of hydrazine groups is 1. The van der Waals surface area contributed by atoms with Crippen LogP contribution >= 0.6 is 0 Å². The second-order valence-electron chi connectivity index (χ2n) is 3.95. The summed E-state index contributed by atoms with van der Waals surface area (Å²) in [6.45, 7) is 1.67. The molecule has 0 spiro atoms. The van der Waals surface area contributed by atoms with Crippen molar-refractivity contribution >= 4 is 22.6 Å². The molecule has 0 saturated carbocycles. The molecule has 92 valence electrons. The number of hydrogen-bond donors (Lipinski definition) is 1. The SMILES string of the molecule is CCC(=O)N(N)C(=O)c1cccc2ccccc12. The standard InChI is InChI=1S/C14H14N2O2/c1-2-13(17)16(15)14(18)12-9-5-7-10-6-3-4-8-11(10)12/h3-9H,2,15H2,1H3. The van der Waals surface area contributed by atoms with Gasteiger partial charge in [-0.25, -0.2) is 10.9 Å². The fraction of sp³-hybridized carbons (Fsp3) is 0.143. The molecule has 0 aromatic heterocycles. The Morgan fingerprint density at radius 2 is 1.78 bits per heavy atom. The number of imide groups is 1. The van der Waals surface area contributed by atoms with Gasteiger partial charge in [0.2, 0.25) is 5.91 Å². The average molecular weight is 242 g/mol. The van der Waals surface area contributed by atoms with Crippen LogP contribution in [-0.2, 0) is 4.79 Å². The molecule has 2 amide bonds. The molecule has 2 rings (SSSR count). The van der Waals surface area contributed by atoms with Crippen molar-refractivity contribution < 1.29 is 9.59 Å². The molecule has 0 aliphatic heterocycles.